The van der Waals surface area contributed by atoms with Crippen LogP contribution in [0.3, 0.4) is 0 Å². The van der Waals surface area contributed by atoms with E-state index >= 15 is 0 Å². The third-order valence-electron chi connectivity index (χ3n) is 3.15. The molecular weight excluding hydrogens is 260 g/mol. The van der Waals surface area contributed by atoms with Crippen LogP contribution < -0.4 is 15.1 Å². The molecule has 0 unspecified atom stereocenters. The third-order valence-corrected chi connectivity index (χ3v) is 4.91. The van der Waals surface area contributed by atoms with Crippen molar-refractivity contribution in [3.63, 3.8) is 0 Å². The predicted octanol–water partition coefficient (Wildman–Crippen LogP) is 2.60. The first-order valence-corrected chi connectivity index (χ1v) is 8.17. The molecule has 3 rings (SSSR count). The number of hydrogen-bond donors (Lipinski definition) is 0. The van der Waals surface area contributed by atoms with E-state index in [-0.39, 0.29) is 9.52 Å². The molecule has 0 saturated heterocycles. The summed E-state index contributed by atoms with van der Waals surface area (Å²) < 4.78 is 5.80. The van der Waals surface area contributed by atoms with Gasteiger partial charge < -0.3 is 4.74 Å². The average molecular weight is 276 g/mol. The van der Waals surface area contributed by atoms with Gasteiger partial charge in [0.1, 0.15) is 11.5 Å². The number of para-hydroxylation sites is 1. The third kappa shape index (κ3) is 3.37. The Morgan fingerprint density at radius 2 is 1.00 bits per heavy atom. The highest BCUT2D eigenvalue weighted by Gasteiger charge is 1.99. The van der Waals surface area contributed by atoms with E-state index < -0.39 is 0 Å². The number of ether oxygens (including phenoxy) is 1. The first-order valence-electron chi connectivity index (χ1n) is 6.76. The van der Waals surface area contributed by atoms with Crippen molar-refractivity contribution in [3.05, 3.63) is 84.9 Å². The lowest BCUT2D eigenvalue weighted by Crippen LogP contribution is -2.26. The molecule has 3 aromatic carbocycles. The van der Waals surface area contributed by atoms with E-state index in [1.807, 2.05) is 30.3 Å². The van der Waals surface area contributed by atoms with Gasteiger partial charge in [0.05, 0.1) is 9.52 Å². The topological polar surface area (TPSA) is 9.23 Å². The molecule has 0 aliphatic rings. The van der Waals surface area contributed by atoms with Crippen LogP contribution >= 0.6 is 0 Å². The van der Waals surface area contributed by atoms with Gasteiger partial charge in [-0.15, -0.1) is 0 Å². The van der Waals surface area contributed by atoms with Crippen molar-refractivity contribution in [2.24, 2.45) is 0 Å². The summed E-state index contributed by atoms with van der Waals surface area (Å²) in [5.41, 5.74) is 0. The minimum Gasteiger partial charge on any atom is -0.457 e. The van der Waals surface area contributed by atoms with E-state index in [2.05, 4.69) is 54.6 Å². The molecule has 0 heterocycles. The molecule has 3 aromatic rings. The molecule has 0 amide bonds. The first kappa shape index (κ1) is 12.7. The van der Waals surface area contributed by atoms with Gasteiger partial charge in [0.2, 0.25) is 0 Å². The van der Waals surface area contributed by atoms with Gasteiger partial charge in [-0.2, -0.15) is 0 Å². The minimum absolute atomic E-state index is 0.376. The smallest absolute Gasteiger partial charge is 0.127 e. The summed E-state index contributed by atoms with van der Waals surface area (Å²) in [4.78, 5) is 0. The van der Waals surface area contributed by atoms with Crippen molar-refractivity contribution in [1.29, 1.82) is 0 Å². The first-order chi connectivity index (χ1) is 9.90. The van der Waals surface area contributed by atoms with Gasteiger partial charge in [-0.25, -0.2) is 0 Å². The van der Waals surface area contributed by atoms with Gasteiger partial charge in [0.15, 0.2) is 0 Å². The van der Waals surface area contributed by atoms with E-state index in [4.69, 9.17) is 4.74 Å². The van der Waals surface area contributed by atoms with E-state index in [9.17, 15) is 0 Å². The molecule has 0 atom stereocenters. The standard InChI is InChI=1S/C18H16OSi/c1-3-7-15(8-4-1)19-16-11-13-18(14-12-16)20-17-9-5-2-6-10-17/h1-14H,20H2. The summed E-state index contributed by atoms with van der Waals surface area (Å²) in [5.74, 6) is 1.77. The van der Waals surface area contributed by atoms with Crippen molar-refractivity contribution in [3.8, 4) is 11.5 Å². The Kier molecular flexibility index (Phi) is 3.95. The Morgan fingerprint density at radius 3 is 1.65 bits per heavy atom. The number of rotatable bonds is 4. The van der Waals surface area contributed by atoms with Crippen molar-refractivity contribution in [2.45, 2.75) is 0 Å². The van der Waals surface area contributed by atoms with Crippen LogP contribution in [-0.4, -0.2) is 9.52 Å². The van der Waals surface area contributed by atoms with Gasteiger partial charge in [0.25, 0.3) is 0 Å². The monoisotopic (exact) mass is 276 g/mol. The molecule has 0 saturated carbocycles. The quantitative estimate of drug-likeness (QED) is 0.666. The molecule has 0 aliphatic heterocycles. The van der Waals surface area contributed by atoms with Crippen molar-refractivity contribution in [2.75, 3.05) is 0 Å². The summed E-state index contributed by atoms with van der Waals surface area (Å²) in [6, 6.07) is 29.0. The minimum atomic E-state index is -0.376. The van der Waals surface area contributed by atoms with Crippen LogP contribution in [0.15, 0.2) is 84.9 Å². The largest absolute Gasteiger partial charge is 0.457 e. The Hall–Kier alpha value is -2.32. The van der Waals surface area contributed by atoms with Crippen LogP contribution in [0.25, 0.3) is 0 Å². The fourth-order valence-electron chi connectivity index (χ4n) is 2.13. The maximum Gasteiger partial charge on any atom is 0.127 e. The van der Waals surface area contributed by atoms with E-state index in [1.165, 1.54) is 10.4 Å². The molecule has 0 aliphatic carbocycles. The van der Waals surface area contributed by atoms with Gasteiger partial charge in [-0.1, -0.05) is 71.0 Å². The Morgan fingerprint density at radius 1 is 0.500 bits per heavy atom. The second kappa shape index (κ2) is 6.22. The fourth-order valence-corrected chi connectivity index (χ4v) is 3.58. The highest BCUT2D eigenvalue weighted by molar-refractivity contribution is 6.67. The molecule has 0 N–H and O–H groups in total. The molecule has 0 radical (unpaired) electrons. The van der Waals surface area contributed by atoms with E-state index in [1.54, 1.807) is 0 Å². The Labute approximate surface area is 121 Å². The maximum absolute atomic E-state index is 5.80. The average Bonchev–Trinajstić information content (AvgIpc) is 2.51. The van der Waals surface area contributed by atoms with Gasteiger partial charge >= 0.3 is 0 Å². The van der Waals surface area contributed by atoms with Gasteiger partial charge in [-0.3, -0.25) is 0 Å². The van der Waals surface area contributed by atoms with Gasteiger partial charge in [-0.05, 0) is 24.3 Å². The summed E-state index contributed by atoms with van der Waals surface area (Å²) in [7, 11) is -0.376. The molecule has 0 aromatic heterocycles. The van der Waals surface area contributed by atoms with Gasteiger partial charge in [0, 0.05) is 0 Å². The second-order valence-corrected chi connectivity index (χ2v) is 6.71. The van der Waals surface area contributed by atoms with Crippen LogP contribution in [0.2, 0.25) is 0 Å². The molecule has 1 nitrogen and oxygen atoms in total. The molecule has 0 fully saturated rings. The summed E-state index contributed by atoms with van der Waals surface area (Å²) in [6.07, 6.45) is 0. The zero-order chi connectivity index (χ0) is 13.6. The van der Waals surface area contributed by atoms with Crippen LogP contribution in [0.4, 0.5) is 0 Å². The van der Waals surface area contributed by atoms with Crippen molar-refractivity contribution in [1.82, 2.24) is 0 Å². The molecule has 98 valence electrons. The zero-order valence-corrected chi connectivity index (χ0v) is 12.6. The molecule has 20 heavy (non-hydrogen) atoms. The van der Waals surface area contributed by atoms with Crippen molar-refractivity contribution < 1.29 is 4.74 Å². The summed E-state index contributed by atoms with van der Waals surface area (Å²) in [6.45, 7) is 0. The van der Waals surface area contributed by atoms with E-state index in [0.29, 0.717) is 0 Å². The highest BCUT2D eigenvalue weighted by Crippen LogP contribution is 2.19. The van der Waals surface area contributed by atoms with Crippen LogP contribution in [0.1, 0.15) is 0 Å². The van der Waals surface area contributed by atoms with E-state index in [0.717, 1.165) is 11.5 Å². The lowest BCUT2D eigenvalue weighted by Gasteiger charge is -2.06. The molecular formula is C18H16OSi. The molecule has 2 heteroatoms. The fraction of sp³-hybridized carbons (Fsp3) is 0. The van der Waals surface area contributed by atoms with Crippen molar-refractivity contribution >= 4 is 19.9 Å². The van der Waals surface area contributed by atoms with Crippen LogP contribution in [0, 0.1) is 0 Å². The highest BCUT2D eigenvalue weighted by atomic mass is 28.2. The second-order valence-electron chi connectivity index (χ2n) is 4.72. The Bertz CT molecular complexity index is 588. The summed E-state index contributed by atoms with van der Waals surface area (Å²) in [5, 5.41) is 2.89. The number of hydrogen-bond acceptors (Lipinski definition) is 1. The van der Waals surface area contributed by atoms with Crippen LogP contribution in [0.5, 0.6) is 11.5 Å². The molecule has 0 bridgehead atoms. The SMILES string of the molecule is c1ccc(Oc2ccc([SiH2]c3ccccc3)cc2)cc1. The maximum atomic E-state index is 5.80. The van der Waals surface area contributed by atoms with Crippen LogP contribution in [-0.2, 0) is 0 Å². The summed E-state index contributed by atoms with van der Waals surface area (Å²) >= 11 is 0. The zero-order valence-electron chi connectivity index (χ0n) is 11.2. The normalized spacial score (nSPS) is 10.8. The lowest BCUT2D eigenvalue weighted by atomic mass is 10.3. The predicted molar refractivity (Wildman–Crippen MR) is 87.2 cm³/mol. The molecule has 0 spiro atoms. The Balaban J connectivity index is 1.69. The lowest BCUT2D eigenvalue weighted by molar-refractivity contribution is 0.483. The number of benzene rings is 3.